The summed E-state index contributed by atoms with van der Waals surface area (Å²) in [7, 11) is 0. The lowest BCUT2D eigenvalue weighted by Crippen LogP contribution is -2.37. The molecule has 0 amide bonds. The first-order valence-corrected chi connectivity index (χ1v) is 7.29. The molecule has 0 bridgehead atoms. The minimum Gasteiger partial charge on any atom is -0.337 e. The third-order valence-corrected chi connectivity index (χ3v) is 3.91. The van der Waals surface area contributed by atoms with Crippen LogP contribution in [0.1, 0.15) is 49.9 Å². The second-order valence-corrected chi connectivity index (χ2v) is 5.41. The molecular formula is C15H20N4O. The predicted molar refractivity (Wildman–Crippen MR) is 75.2 cm³/mol. The Hall–Kier alpha value is -1.75. The molecule has 3 heterocycles. The summed E-state index contributed by atoms with van der Waals surface area (Å²) in [4.78, 5) is 8.63. The quantitative estimate of drug-likeness (QED) is 0.905. The molecule has 1 aliphatic rings. The first-order chi connectivity index (χ1) is 9.82. The van der Waals surface area contributed by atoms with Crippen LogP contribution in [0.25, 0.3) is 0 Å². The van der Waals surface area contributed by atoms with Crippen LogP contribution in [0.5, 0.6) is 0 Å². The Morgan fingerprint density at radius 3 is 2.90 bits per heavy atom. The number of nitrogens with zero attached hydrogens (tertiary/aromatic N) is 3. The van der Waals surface area contributed by atoms with Gasteiger partial charge in [-0.05, 0) is 43.5 Å². The van der Waals surface area contributed by atoms with E-state index >= 15 is 0 Å². The van der Waals surface area contributed by atoms with E-state index in [0.717, 1.165) is 43.1 Å². The molecule has 5 nitrogen and oxygen atoms in total. The van der Waals surface area contributed by atoms with Crippen LogP contribution in [0.2, 0.25) is 0 Å². The van der Waals surface area contributed by atoms with Crippen LogP contribution < -0.4 is 5.32 Å². The molecule has 3 rings (SSSR count). The van der Waals surface area contributed by atoms with Crippen molar-refractivity contribution in [3.05, 3.63) is 41.8 Å². The number of hydrogen-bond donors (Lipinski definition) is 1. The van der Waals surface area contributed by atoms with Crippen molar-refractivity contribution in [1.29, 1.82) is 0 Å². The van der Waals surface area contributed by atoms with Gasteiger partial charge in [0.1, 0.15) is 0 Å². The number of aromatic nitrogens is 3. The minimum absolute atomic E-state index is 0.0990. The fraction of sp³-hybridized carbons (Fsp3) is 0.533. The van der Waals surface area contributed by atoms with Gasteiger partial charge in [0.05, 0.1) is 5.54 Å². The van der Waals surface area contributed by atoms with Crippen molar-refractivity contribution in [2.45, 2.75) is 44.6 Å². The van der Waals surface area contributed by atoms with Crippen LogP contribution in [0.4, 0.5) is 0 Å². The zero-order valence-corrected chi connectivity index (χ0v) is 11.8. The van der Waals surface area contributed by atoms with Crippen LogP contribution in [0, 0.1) is 0 Å². The van der Waals surface area contributed by atoms with Gasteiger partial charge in [-0.2, -0.15) is 4.98 Å². The Labute approximate surface area is 118 Å². The fourth-order valence-corrected chi connectivity index (χ4v) is 2.94. The van der Waals surface area contributed by atoms with E-state index in [-0.39, 0.29) is 5.54 Å². The lowest BCUT2D eigenvalue weighted by Gasteiger charge is -2.24. The van der Waals surface area contributed by atoms with Gasteiger partial charge in [0.15, 0.2) is 5.82 Å². The highest BCUT2D eigenvalue weighted by Crippen LogP contribution is 2.34. The zero-order valence-electron chi connectivity index (χ0n) is 11.8. The summed E-state index contributed by atoms with van der Waals surface area (Å²) in [6.45, 7) is 3.22. The Morgan fingerprint density at radius 2 is 2.20 bits per heavy atom. The molecule has 2 aromatic rings. The number of nitrogens with one attached hydrogen (secondary N) is 1. The number of hydrogen-bond acceptors (Lipinski definition) is 5. The van der Waals surface area contributed by atoms with E-state index in [4.69, 9.17) is 4.52 Å². The van der Waals surface area contributed by atoms with E-state index in [9.17, 15) is 0 Å². The molecule has 1 fully saturated rings. The van der Waals surface area contributed by atoms with Crippen molar-refractivity contribution in [3.63, 3.8) is 0 Å². The Kier molecular flexibility index (Phi) is 3.78. The lowest BCUT2D eigenvalue weighted by molar-refractivity contribution is 0.240. The second-order valence-electron chi connectivity index (χ2n) is 5.41. The topological polar surface area (TPSA) is 63.8 Å². The van der Waals surface area contributed by atoms with Crippen molar-refractivity contribution in [2.75, 3.05) is 6.54 Å². The summed E-state index contributed by atoms with van der Waals surface area (Å²) >= 11 is 0. The summed E-state index contributed by atoms with van der Waals surface area (Å²) in [6, 6.07) is 3.96. The van der Waals surface area contributed by atoms with Gasteiger partial charge in [0, 0.05) is 18.8 Å². The van der Waals surface area contributed by atoms with Crippen LogP contribution in [-0.2, 0) is 12.0 Å². The van der Waals surface area contributed by atoms with Crippen molar-refractivity contribution in [2.24, 2.45) is 0 Å². The molecule has 106 valence electrons. The molecule has 1 N–H and O–H groups in total. The van der Waals surface area contributed by atoms with Gasteiger partial charge >= 0.3 is 0 Å². The minimum atomic E-state index is -0.0990. The molecule has 0 saturated carbocycles. The fourth-order valence-electron chi connectivity index (χ4n) is 2.94. The highest BCUT2D eigenvalue weighted by molar-refractivity contribution is 5.16. The van der Waals surface area contributed by atoms with Crippen LogP contribution in [0.3, 0.4) is 0 Å². The third-order valence-electron chi connectivity index (χ3n) is 3.91. The molecule has 1 aliphatic heterocycles. The Morgan fingerprint density at radius 1 is 1.35 bits per heavy atom. The van der Waals surface area contributed by atoms with Crippen LogP contribution in [0.15, 0.2) is 29.0 Å². The SMILES string of the molecule is CCCC1(c2nc(Cc3ccncc3)no2)CCCN1. The van der Waals surface area contributed by atoms with Crippen molar-refractivity contribution in [3.8, 4) is 0 Å². The predicted octanol–water partition coefficient (Wildman–Crippen LogP) is 2.43. The normalized spacial score (nSPS) is 22.2. The molecule has 20 heavy (non-hydrogen) atoms. The average molecular weight is 272 g/mol. The first-order valence-electron chi connectivity index (χ1n) is 7.29. The maximum Gasteiger partial charge on any atom is 0.246 e. The van der Waals surface area contributed by atoms with Gasteiger partial charge in [-0.25, -0.2) is 0 Å². The molecule has 2 aromatic heterocycles. The smallest absolute Gasteiger partial charge is 0.246 e. The maximum atomic E-state index is 5.54. The lowest BCUT2D eigenvalue weighted by atomic mass is 9.92. The molecule has 1 unspecified atom stereocenters. The average Bonchev–Trinajstić information content (AvgIpc) is 3.10. The summed E-state index contributed by atoms with van der Waals surface area (Å²) < 4.78 is 5.54. The van der Waals surface area contributed by atoms with Gasteiger partial charge in [-0.3, -0.25) is 4.98 Å². The second kappa shape index (κ2) is 5.71. The van der Waals surface area contributed by atoms with E-state index < -0.39 is 0 Å². The van der Waals surface area contributed by atoms with Crippen molar-refractivity contribution >= 4 is 0 Å². The van der Waals surface area contributed by atoms with Gasteiger partial charge in [0.25, 0.3) is 0 Å². The summed E-state index contributed by atoms with van der Waals surface area (Å²) in [5.41, 5.74) is 1.05. The summed E-state index contributed by atoms with van der Waals surface area (Å²) in [5, 5.41) is 7.70. The van der Waals surface area contributed by atoms with Crippen LogP contribution in [-0.4, -0.2) is 21.7 Å². The van der Waals surface area contributed by atoms with E-state index in [0.29, 0.717) is 6.42 Å². The molecule has 0 spiro atoms. The van der Waals surface area contributed by atoms with E-state index in [2.05, 4.69) is 27.4 Å². The van der Waals surface area contributed by atoms with Crippen molar-refractivity contribution in [1.82, 2.24) is 20.4 Å². The molecule has 0 aliphatic carbocycles. The standard InChI is InChI=1S/C15H20N4O/c1-2-6-15(7-3-8-17-15)14-18-13(19-20-14)11-12-4-9-16-10-5-12/h4-5,9-10,17H,2-3,6-8,11H2,1H3. The maximum absolute atomic E-state index is 5.54. The molecule has 5 heteroatoms. The van der Waals surface area contributed by atoms with Crippen molar-refractivity contribution < 1.29 is 4.52 Å². The van der Waals surface area contributed by atoms with Gasteiger partial charge in [0.2, 0.25) is 5.89 Å². The van der Waals surface area contributed by atoms with E-state index in [1.165, 1.54) is 6.42 Å². The van der Waals surface area contributed by atoms with Gasteiger partial charge in [-0.15, -0.1) is 0 Å². The molecule has 0 radical (unpaired) electrons. The largest absolute Gasteiger partial charge is 0.337 e. The molecule has 1 saturated heterocycles. The highest BCUT2D eigenvalue weighted by Gasteiger charge is 2.39. The van der Waals surface area contributed by atoms with E-state index in [1.54, 1.807) is 12.4 Å². The number of pyridine rings is 1. The Balaban J connectivity index is 1.79. The molecular weight excluding hydrogens is 252 g/mol. The third kappa shape index (κ3) is 2.58. The molecule has 0 aromatic carbocycles. The number of rotatable bonds is 5. The summed E-state index contributed by atoms with van der Waals surface area (Å²) in [6.07, 6.45) is 8.66. The van der Waals surface area contributed by atoms with E-state index in [1.807, 2.05) is 12.1 Å². The first kappa shape index (κ1) is 13.2. The Bertz CT molecular complexity index is 546. The highest BCUT2D eigenvalue weighted by atomic mass is 16.5. The van der Waals surface area contributed by atoms with Crippen LogP contribution >= 0.6 is 0 Å². The summed E-state index contributed by atoms with van der Waals surface area (Å²) in [5.74, 6) is 1.50. The van der Waals surface area contributed by atoms with Gasteiger partial charge < -0.3 is 9.84 Å². The van der Waals surface area contributed by atoms with Gasteiger partial charge in [-0.1, -0.05) is 18.5 Å². The zero-order chi connectivity index (χ0) is 13.8. The monoisotopic (exact) mass is 272 g/mol. The molecule has 1 atom stereocenters.